The summed E-state index contributed by atoms with van der Waals surface area (Å²) >= 11 is 9.56. The van der Waals surface area contributed by atoms with E-state index in [-0.39, 0.29) is 0 Å². The molecule has 2 heterocycles. The predicted octanol–water partition coefficient (Wildman–Crippen LogP) is 3.94. The van der Waals surface area contributed by atoms with Crippen LogP contribution < -0.4 is 9.47 Å². The Bertz CT molecular complexity index is 982. The maximum atomic E-state index is 11.2. The molecular formula is C17H17ClIN5O4S. The highest BCUT2D eigenvalue weighted by Crippen LogP contribution is 2.28. The van der Waals surface area contributed by atoms with Crippen molar-refractivity contribution in [3.05, 3.63) is 33.0 Å². The third kappa shape index (κ3) is 5.76. The number of aromatic nitrogens is 5. The Morgan fingerprint density at radius 2 is 2.17 bits per heavy atom. The Morgan fingerprint density at radius 3 is 2.93 bits per heavy atom. The molecule has 0 aliphatic rings. The van der Waals surface area contributed by atoms with E-state index in [1.165, 1.54) is 11.3 Å². The first-order valence-corrected chi connectivity index (χ1v) is 10.9. The van der Waals surface area contributed by atoms with Crippen molar-refractivity contribution in [1.29, 1.82) is 0 Å². The number of halogens is 2. The standard InChI is InChI=1S/C17H17ClIN5O4S/c1-2-12(16(25)26)24-22-15(21-23-24)14-9-20-17(29-14)28-7-3-6-27-13-8-10(19)4-5-11(13)18/h4-5,8-9,12H,2-3,6-7H2,1H3,(H,25,26). The van der Waals surface area contributed by atoms with Crippen molar-refractivity contribution in [3.63, 3.8) is 0 Å². The molecule has 9 nitrogen and oxygen atoms in total. The number of ether oxygens (including phenoxy) is 2. The molecule has 154 valence electrons. The normalized spacial score (nSPS) is 12.0. The summed E-state index contributed by atoms with van der Waals surface area (Å²) in [6.07, 6.45) is 2.59. The first-order valence-electron chi connectivity index (χ1n) is 8.67. The maximum absolute atomic E-state index is 11.2. The summed E-state index contributed by atoms with van der Waals surface area (Å²) in [5.74, 6) is -0.0387. The number of carboxylic acids is 1. The fraction of sp³-hybridized carbons (Fsp3) is 0.353. The van der Waals surface area contributed by atoms with Crippen LogP contribution in [0, 0.1) is 3.57 Å². The summed E-state index contributed by atoms with van der Waals surface area (Å²) in [7, 11) is 0. The van der Waals surface area contributed by atoms with Gasteiger partial charge in [0.05, 0.1) is 29.3 Å². The van der Waals surface area contributed by atoms with Crippen molar-refractivity contribution in [2.75, 3.05) is 13.2 Å². The monoisotopic (exact) mass is 549 g/mol. The highest BCUT2D eigenvalue weighted by atomic mass is 127. The molecule has 0 saturated carbocycles. The summed E-state index contributed by atoms with van der Waals surface area (Å²) in [4.78, 5) is 17.1. The van der Waals surface area contributed by atoms with Crippen LogP contribution in [0.4, 0.5) is 0 Å². The van der Waals surface area contributed by atoms with Crippen LogP contribution in [0.1, 0.15) is 25.8 Å². The lowest BCUT2D eigenvalue weighted by atomic mass is 10.2. The fourth-order valence-corrected chi connectivity index (χ4v) is 3.66. The number of nitrogens with zero attached hydrogens (tertiary/aromatic N) is 5. The molecule has 0 radical (unpaired) electrons. The quantitative estimate of drug-likeness (QED) is 0.299. The number of hydrogen-bond acceptors (Lipinski definition) is 8. The van der Waals surface area contributed by atoms with E-state index in [0.717, 1.165) is 8.37 Å². The third-order valence-electron chi connectivity index (χ3n) is 3.75. The van der Waals surface area contributed by atoms with Gasteiger partial charge in [-0.05, 0) is 52.4 Å². The molecule has 1 unspecified atom stereocenters. The van der Waals surface area contributed by atoms with Crippen LogP contribution in [0.3, 0.4) is 0 Å². The molecule has 0 aliphatic carbocycles. The van der Waals surface area contributed by atoms with E-state index in [2.05, 4.69) is 43.0 Å². The Morgan fingerprint density at radius 1 is 1.38 bits per heavy atom. The van der Waals surface area contributed by atoms with E-state index >= 15 is 0 Å². The van der Waals surface area contributed by atoms with Crippen molar-refractivity contribution in [2.45, 2.75) is 25.8 Å². The van der Waals surface area contributed by atoms with Gasteiger partial charge in [-0.15, -0.1) is 15.0 Å². The molecule has 0 saturated heterocycles. The van der Waals surface area contributed by atoms with Crippen molar-refractivity contribution in [3.8, 4) is 21.6 Å². The van der Waals surface area contributed by atoms with E-state index in [0.29, 0.717) is 52.7 Å². The number of rotatable bonds is 10. The predicted molar refractivity (Wildman–Crippen MR) is 116 cm³/mol. The zero-order valence-electron chi connectivity index (χ0n) is 15.3. The largest absolute Gasteiger partial charge is 0.492 e. The van der Waals surface area contributed by atoms with Gasteiger partial charge in [0.2, 0.25) is 5.82 Å². The van der Waals surface area contributed by atoms with Crippen LogP contribution in [0.5, 0.6) is 10.9 Å². The number of hydrogen-bond donors (Lipinski definition) is 1. The Kier molecular flexibility index (Phi) is 7.61. The lowest BCUT2D eigenvalue weighted by Crippen LogP contribution is -2.20. The smallest absolute Gasteiger partial charge is 0.330 e. The van der Waals surface area contributed by atoms with E-state index in [9.17, 15) is 9.90 Å². The highest BCUT2D eigenvalue weighted by molar-refractivity contribution is 14.1. The fourth-order valence-electron chi connectivity index (χ4n) is 2.31. The molecule has 0 fully saturated rings. The molecule has 29 heavy (non-hydrogen) atoms. The van der Waals surface area contributed by atoms with Crippen molar-refractivity contribution < 1.29 is 19.4 Å². The number of carbonyl (C=O) groups is 1. The van der Waals surface area contributed by atoms with Gasteiger partial charge >= 0.3 is 5.97 Å². The van der Waals surface area contributed by atoms with Crippen molar-refractivity contribution >= 4 is 51.5 Å². The van der Waals surface area contributed by atoms with Gasteiger partial charge in [0.25, 0.3) is 5.19 Å². The first kappa shape index (κ1) is 21.7. The first-order chi connectivity index (χ1) is 14.0. The number of tetrazole rings is 1. The van der Waals surface area contributed by atoms with Crippen LogP contribution in [0.25, 0.3) is 10.7 Å². The van der Waals surface area contributed by atoms with Gasteiger partial charge in [-0.1, -0.05) is 29.9 Å². The number of thiazole rings is 1. The van der Waals surface area contributed by atoms with Crippen LogP contribution >= 0.6 is 45.5 Å². The van der Waals surface area contributed by atoms with Crippen molar-refractivity contribution in [2.24, 2.45) is 0 Å². The van der Waals surface area contributed by atoms with Crippen LogP contribution in [0.2, 0.25) is 5.02 Å². The van der Waals surface area contributed by atoms with Gasteiger partial charge in [-0.3, -0.25) is 0 Å². The minimum absolute atomic E-state index is 0.314. The van der Waals surface area contributed by atoms with Crippen LogP contribution in [0.15, 0.2) is 24.4 Å². The van der Waals surface area contributed by atoms with E-state index < -0.39 is 12.0 Å². The lowest BCUT2D eigenvalue weighted by Gasteiger charge is -2.08. The molecule has 0 spiro atoms. The number of benzene rings is 1. The molecule has 12 heteroatoms. The molecule has 1 atom stereocenters. The van der Waals surface area contributed by atoms with E-state index in [1.54, 1.807) is 19.2 Å². The van der Waals surface area contributed by atoms with Crippen LogP contribution in [-0.2, 0) is 4.79 Å². The molecule has 3 aromatic rings. The van der Waals surface area contributed by atoms with E-state index in [4.69, 9.17) is 21.1 Å². The summed E-state index contributed by atoms with van der Waals surface area (Å²) in [5, 5.41) is 22.1. The van der Waals surface area contributed by atoms with Crippen LogP contribution in [-0.4, -0.2) is 49.5 Å². The lowest BCUT2D eigenvalue weighted by molar-refractivity contribution is -0.141. The summed E-state index contributed by atoms with van der Waals surface area (Å²) in [5.41, 5.74) is 0. The average Bonchev–Trinajstić information content (AvgIpc) is 3.34. The maximum Gasteiger partial charge on any atom is 0.330 e. The minimum Gasteiger partial charge on any atom is -0.492 e. The minimum atomic E-state index is -1.00. The zero-order chi connectivity index (χ0) is 20.8. The Hall–Kier alpha value is -1.99. The van der Waals surface area contributed by atoms with Crippen molar-refractivity contribution in [1.82, 2.24) is 25.2 Å². The number of carboxylic acid groups (broad SMARTS) is 1. The zero-order valence-corrected chi connectivity index (χ0v) is 19.0. The van der Waals surface area contributed by atoms with Gasteiger partial charge in [-0.2, -0.15) is 0 Å². The number of aliphatic carboxylic acids is 1. The van der Waals surface area contributed by atoms with Gasteiger partial charge < -0.3 is 14.6 Å². The van der Waals surface area contributed by atoms with Gasteiger partial charge in [0, 0.05) is 9.99 Å². The Labute approximate surface area is 189 Å². The molecule has 0 amide bonds. The topological polar surface area (TPSA) is 112 Å². The summed E-state index contributed by atoms with van der Waals surface area (Å²) in [6.45, 7) is 2.63. The summed E-state index contributed by atoms with van der Waals surface area (Å²) < 4.78 is 12.4. The average molecular weight is 550 g/mol. The SMILES string of the molecule is CCC(C(=O)O)n1nnc(-c2cnc(OCCCOc3cc(I)ccc3Cl)s2)n1. The van der Waals surface area contributed by atoms with Gasteiger partial charge in [0.1, 0.15) is 5.75 Å². The highest BCUT2D eigenvalue weighted by Gasteiger charge is 2.21. The van der Waals surface area contributed by atoms with E-state index in [1.807, 2.05) is 12.1 Å². The molecule has 0 bridgehead atoms. The molecule has 1 aromatic carbocycles. The third-order valence-corrected chi connectivity index (χ3v) is 5.64. The second-order valence-electron chi connectivity index (χ2n) is 5.81. The van der Waals surface area contributed by atoms with Gasteiger partial charge in [-0.25, -0.2) is 9.78 Å². The summed E-state index contributed by atoms with van der Waals surface area (Å²) in [6, 6.07) is 4.75. The second kappa shape index (κ2) is 10.2. The molecule has 1 N–H and O–H groups in total. The molecule has 0 aliphatic heterocycles. The molecule has 2 aromatic heterocycles. The van der Waals surface area contributed by atoms with Gasteiger partial charge in [0.15, 0.2) is 6.04 Å². The second-order valence-corrected chi connectivity index (χ2v) is 8.46. The Balaban J connectivity index is 1.49. The molecular weight excluding hydrogens is 533 g/mol. The molecule has 3 rings (SSSR count).